The maximum Gasteiger partial charge on any atom is 0.175 e. The van der Waals surface area contributed by atoms with Gasteiger partial charge >= 0.3 is 0 Å². The highest BCUT2D eigenvalue weighted by Crippen LogP contribution is 2.23. The zero-order valence-corrected chi connectivity index (χ0v) is 18.0. The maximum atomic E-state index is 9.35. The predicted molar refractivity (Wildman–Crippen MR) is 118 cm³/mol. The van der Waals surface area contributed by atoms with Gasteiger partial charge in [-0.3, -0.25) is 0 Å². The topological polar surface area (TPSA) is 72.5 Å². The molecule has 0 bridgehead atoms. The second kappa shape index (κ2) is 9.79. The number of aromatic nitrogens is 3. The molecule has 0 amide bonds. The van der Waals surface area contributed by atoms with Crippen LogP contribution in [-0.2, 0) is 6.54 Å². The van der Waals surface area contributed by atoms with Crippen LogP contribution in [-0.4, -0.2) is 58.4 Å². The van der Waals surface area contributed by atoms with Gasteiger partial charge < -0.3 is 15.1 Å². The molecular formula is C20H23Cl2N7. The Morgan fingerprint density at radius 2 is 1.83 bits per heavy atom. The lowest BCUT2D eigenvalue weighted by molar-refractivity contribution is 0.397. The largest absolute Gasteiger partial charge is 0.369 e. The molecule has 0 aliphatic heterocycles. The standard InChI is InChI=1S/C20H23Cl2N7/c1-27(2)14-17-11-19(29-20(26-17)15(12-23)13-24-29)25-16-3-5-18(6-4-16)28(9-7-21)10-8-22/h3-6,11,13,25H,7-10,14H2,1-2H3. The van der Waals surface area contributed by atoms with Crippen LogP contribution in [0.2, 0.25) is 0 Å². The monoisotopic (exact) mass is 431 g/mol. The molecule has 2 heterocycles. The van der Waals surface area contributed by atoms with E-state index in [4.69, 9.17) is 23.2 Å². The summed E-state index contributed by atoms with van der Waals surface area (Å²) in [6.45, 7) is 2.14. The van der Waals surface area contributed by atoms with E-state index in [0.29, 0.717) is 29.5 Å². The molecule has 7 nitrogen and oxygen atoms in total. The van der Waals surface area contributed by atoms with Crippen molar-refractivity contribution < 1.29 is 0 Å². The number of rotatable bonds is 9. The summed E-state index contributed by atoms with van der Waals surface area (Å²) in [6.07, 6.45) is 1.53. The Hall–Kier alpha value is -2.53. The average molecular weight is 432 g/mol. The van der Waals surface area contributed by atoms with Gasteiger partial charge in [0.15, 0.2) is 5.65 Å². The molecule has 1 N–H and O–H groups in total. The Bertz CT molecular complexity index is 986. The SMILES string of the molecule is CN(C)Cc1cc(Nc2ccc(N(CCCl)CCCl)cc2)n2ncc(C#N)c2n1. The summed E-state index contributed by atoms with van der Waals surface area (Å²) in [5, 5.41) is 17.1. The summed E-state index contributed by atoms with van der Waals surface area (Å²) in [4.78, 5) is 8.77. The van der Waals surface area contributed by atoms with Gasteiger partial charge in [0.25, 0.3) is 0 Å². The first kappa shape index (κ1) is 21.2. The van der Waals surface area contributed by atoms with Crippen LogP contribution in [0.15, 0.2) is 36.5 Å². The second-order valence-electron chi connectivity index (χ2n) is 6.81. The molecule has 3 rings (SSSR count). The lowest BCUT2D eigenvalue weighted by atomic mass is 10.2. The molecule has 0 saturated heterocycles. The molecule has 29 heavy (non-hydrogen) atoms. The van der Waals surface area contributed by atoms with Gasteiger partial charge in [0.1, 0.15) is 17.5 Å². The number of hydrogen-bond donors (Lipinski definition) is 1. The van der Waals surface area contributed by atoms with Gasteiger partial charge in [-0.1, -0.05) is 0 Å². The van der Waals surface area contributed by atoms with Gasteiger partial charge in [0.05, 0.1) is 11.9 Å². The van der Waals surface area contributed by atoms with Crippen molar-refractivity contribution in [2.45, 2.75) is 6.54 Å². The van der Waals surface area contributed by atoms with E-state index in [2.05, 4.69) is 26.4 Å². The van der Waals surface area contributed by atoms with Crippen molar-refractivity contribution in [2.24, 2.45) is 0 Å². The van der Waals surface area contributed by atoms with Crippen molar-refractivity contribution >= 4 is 46.0 Å². The fraction of sp³-hybridized carbons (Fsp3) is 0.350. The quantitative estimate of drug-likeness (QED) is 0.520. The minimum atomic E-state index is 0.446. The van der Waals surface area contributed by atoms with Crippen molar-refractivity contribution in [2.75, 3.05) is 49.2 Å². The molecule has 0 radical (unpaired) electrons. The summed E-state index contributed by atoms with van der Waals surface area (Å²) < 4.78 is 1.65. The van der Waals surface area contributed by atoms with Gasteiger partial charge in [0, 0.05) is 48.8 Å². The number of anilines is 3. The van der Waals surface area contributed by atoms with Gasteiger partial charge in [-0.25, -0.2) is 4.98 Å². The zero-order valence-electron chi connectivity index (χ0n) is 16.4. The zero-order chi connectivity index (χ0) is 20.8. The fourth-order valence-electron chi connectivity index (χ4n) is 3.06. The number of alkyl halides is 2. The van der Waals surface area contributed by atoms with Crippen LogP contribution >= 0.6 is 23.2 Å². The van der Waals surface area contributed by atoms with Gasteiger partial charge in [-0.15, -0.1) is 23.2 Å². The summed E-state index contributed by atoms with van der Waals surface area (Å²) in [5.41, 5.74) is 3.82. The van der Waals surface area contributed by atoms with E-state index < -0.39 is 0 Å². The average Bonchev–Trinajstić information content (AvgIpc) is 3.11. The van der Waals surface area contributed by atoms with Crippen molar-refractivity contribution in [1.29, 1.82) is 5.26 Å². The first-order chi connectivity index (χ1) is 14.0. The van der Waals surface area contributed by atoms with E-state index >= 15 is 0 Å². The van der Waals surface area contributed by atoms with Crippen molar-refractivity contribution in [3.05, 3.63) is 47.8 Å². The molecule has 152 valence electrons. The van der Waals surface area contributed by atoms with Crippen LogP contribution in [0.5, 0.6) is 0 Å². The van der Waals surface area contributed by atoms with Crippen molar-refractivity contribution in [1.82, 2.24) is 19.5 Å². The van der Waals surface area contributed by atoms with Crippen LogP contribution in [0.25, 0.3) is 5.65 Å². The van der Waals surface area contributed by atoms with Crippen molar-refractivity contribution in [3.8, 4) is 6.07 Å². The van der Waals surface area contributed by atoms with Gasteiger partial charge in [0.2, 0.25) is 0 Å². The highest BCUT2D eigenvalue weighted by atomic mass is 35.5. The molecular weight excluding hydrogens is 409 g/mol. The Balaban J connectivity index is 1.91. The second-order valence-corrected chi connectivity index (χ2v) is 7.57. The lowest BCUT2D eigenvalue weighted by Gasteiger charge is -2.23. The Labute approximate surface area is 180 Å². The van der Waals surface area contributed by atoms with Gasteiger partial charge in [-0.05, 0) is 38.4 Å². The van der Waals surface area contributed by atoms with Gasteiger partial charge in [-0.2, -0.15) is 14.9 Å². The number of nitrogens with one attached hydrogen (secondary N) is 1. The lowest BCUT2D eigenvalue weighted by Crippen LogP contribution is -2.27. The van der Waals surface area contributed by atoms with Crippen LogP contribution in [0.3, 0.4) is 0 Å². The maximum absolute atomic E-state index is 9.35. The van der Waals surface area contributed by atoms with E-state index in [-0.39, 0.29) is 0 Å². The van der Waals surface area contributed by atoms with E-state index in [9.17, 15) is 5.26 Å². The van der Waals surface area contributed by atoms with Crippen LogP contribution in [0.1, 0.15) is 11.3 Å². The summed E-state index contributed by atoms with van der Waals surface area (Å²) in [7, 11) is 3.96. The van der Waals surface area contributed by atoms with Crippen LogP contribution in [0.4, 0.5) is 17.2 Å². The van der Waals surface area contributed by atoms with Crippen LogP contribution in [0, 0.1) is 11.3 Å². The third kappa shape index (κ3) is 5.10. The minimum absolute atomic E-state index is 0.446. The van der Waals surface area contributed by atoms with E-state index in [1.165, 1.54) is 6.20 Å². The highest BCUT2D eigenvalue weighted by molar-refractivity contribution is 6.18. The predicted octanol–water partition coefficient (Wildman–Crippen LogP) is 3.69. The summed E-state index contributed by atoms with van der Waals surface area (Å²) in [5.74, 6) is 1.83. The Kier molecular flexibility index (Phi) is 7.15. The molecule has 0 unspecified atom stereocenters. The van der Waals surface area contributed by atoms with Crippen LogP contribution < -0.4 is 10.2 Å². The molecule has 2 aromatic heterocycles. The third-order valence-corrected chi connectivity index (χ3v) is 4.68. The summed E-state index contributed by atoms with van der Waals surface area (Å²) in [6, 6.07) is 12.2. The number of nitrogens with zero attached hydrogens (tertiary/aromatic N) is 6. The number of fused-ring (bicyclic) bond motifs is 1. The molecule has 0 aliphatic carbocycles. The molecule has 9 heteroatoms. The molecule has 0 aliphatic rings. The Morgan fingerprint density at radius 3 is 2.41 bits per heavy atom. The molecule has 0 saturated carbocycles. The number of nitriles is 1. The first-order valence-electron chi connectivity index (χ1n) is 9.22. The normalized spacial score (nSPS) is 11.0. The number of hydrogen-bond acceptors (Lipinski definition) is 6. The minimum Gasteiger partial charge on any atom is -0.369 e. The third-order valence-electron chi connectivity index (χ3n) is 4.34. The van der Waals surface area contributed by atoms with E-state index in [1.807, 2.05) is 49.3 Å². The van der Waals surface area contributed by atoms with Crippen molar-refractivity contribution in [3.63, 3.8) is 0 Å². The number of benzene rings is 1. The molecule has 0 spiro atoms. The molecule has 0 fully saturated rings. The fourth-order valence-corrected chi connectivity index (χ4v) is 3.47. The molecule has 0 atom stereocenters. The Morgan fingerprint density at radius 1 is 1.14 bits per heavy atom. The molecule has 1 aromatic carbocycles. The smallest absolute Gasteiger partial charge is 0.175 e. The highest BCUT2D eigenvalue weighted by Gasteiger charge is 2.13. The number of halogens is 2. The first-order valence-corrected chi connectivity index (χ1v) is 10.3. The van der Waals surface area contributed by atoms with E-state index in [1.54, 1.807) is 4.52 Å². The van der Waals surface area contributed by atoms with E-state index in [0.717, 1.165) is 36.0 Å². The summed E-state index contributed by atoms with van der Waals surface area (Å²) >= 11 is 11.8. The molecule has 3 aromatic rings.